The average Bonchev–Trinajstić information content (AvgIpc) is 3.12. The predicted octanol–water partition coefficient (Wildman–Crippen LogP) is 4.38. The van der Waals surface area contributed by atoms with E-state index >= 15 is 0 Å². The van der Waals surface area contributed by atoms with Gasteiger partial charge in [0.15, 0.2) is 0 Å². The van der Waals surface area contributed by atoms with Gasteiger partial charge in [0.05, 0.1) is 24.7 Å². The van der Waals surface area contributed by atoms with E-state index in [9.17, 15) is 20.1 Å². The molecule has 1 amide bonds. The highest BCUT2D eigenvalue weighted by Gasteiger charge is 2.51. The van der Waals surface area contributed by atoms with Crippen molar-refractivity contribution in [2.24, 2.45) is 23.2 Å². The summed E-state index contributed by atoms with van der Waals surface area (Å²) in [4.78, 5) is 14.4. The standard InChI is InChI=1S/C28H45NO4/c1-6-29(7-2)27(33)17-26(32)19(4)23-12-13-24-20(9-8-14-28(23,24)5)10-11-21-15-22(30)16-25(31)18(21)3/h10-11,19,22-26,30-32H,3,6-9,12-17H2,1-2,4-5H3/t19-,22-,23+,24-,25+,26?,28+/m0/s1. The van der Waals surface area contributed by atoms with Crippen molar-refractivity contribution in [2.75, 3.05) is 13.1 Å². The van der Waals surface area contributed by atoms with Gasteiger partial charge in [-0.25, -0.2) is 0 Å². The summed E-state index contributed by atoms with van der Waals surface area (Å²) >= 11 is 0. The molecule has 33 heavy (non-hydrogen) atoms. The molecule has 0 saturated heterocycles. The fraction of sp³-hybridized carbons (Fsp3) is 0.750. The molecule has 3 saturated carbocycles. The van der Waals surface area contributed by atoms with Crippen LogP contribution in [0, 0.1) is 23.2 Å². The molecule has 3 aliphatic rings. The Kier molecular flexibility index (Phi) is 8.63. The second-order valence-corrected chi connectivity index (χ2v) is 10.9. The monoisotopic (exact) mass is 459 g/mol. The van der Waals surface area contributed by atoms with Gasteiger partial charge in [0.1, 0.15) is 0 Å². The number of amides is 1. The van der Waals surface area contributed by atoms with E-state index in [0.29, 0.717) is 37.8 Å². The number of aliphatic hydroxyl groups excluding tert-OH is 3. The zero-order valence-electron chi connectivity index (χ0n) is 21.1. The SMILES string of the molecule is C=C1C(=CC=C2CCC[C@]3(C)[C@@H]([C@H](C)C(O)CC(=O)N(CC)CC)CC[C@@H]23)C[C@H](O)C[C@H]1O. The molecule has 186 valence electrons. The van der Waals surface area contributed by atoms with Crippen molar-refractivity contribution in [3.63, 3.8) is 0 Å². The first kappa shape index (κ1) is 26.2. The second kappa shape index (κ2) is 10.9. The molecule has 0 aliphatic heterocycles. The Hall–Kier alpha value is -1.43. The lowest BCUT2D eigenvalue weighted by Gasteiger charge is -2.45. The maximum absolute atomic E-state index is 12.6. The molecule has 0 aromatic heterocycles. The first-order chi connectivity index (χ1) is 15.6. The molecular formula is C28H45NO4. The third-order valence-corrected chi connectivity index (χ3v) is 9.04. The summed E-state index contributed by atoms with van der Waals surface area (Å²) in [7, 11) is 0. The number of aliphatic hydroxyl groups is 3. The van der Waals surface area contributed by atoms with Crippen LogP contribution in [0.1, 0.15) is 79.1 Å². The summed E-state index contributed by atoms with van der Waals surface area (Å²) in [6.45, 7) is 13.9. The molecule has 0 radical (unpaired) electrons. The first-order valence-electron chi connectivity index (χ1n) is 13.0. The van der Waals surface area contributed by atoms with E-state index in [1.165, 1.54) is 5.57 Å². The van der Waals surface area contributed by atoms with Gasteiger partial charge in [0.2, 0.25) is 5.91 Å². The molecule has 0 aromatic rings. The molecule has 3 fully saturated rings. The maximum atomic E-state index is 12.6. The summed E-state index contributed by atoms with van der Waals surface area (Å²) in [6.07, 6.45) is 9.20. The van der Waals surface area contributed by atoms with E-state index in [-0.39, 0.29) is 23.7 Å². The zero-order valence-corrected chi connectivity index (χ0v) is 21.1. The molecule has 5 nitrogen and oxygen atoms in total. The van der Waals surface area contributed by atoms with Crippen LogP contribution >= 0.6 is 0 Å². The molecule has 0 aromatic carbocycles. The lowest BCUT2D eigenvalue weighted by Crippen LogP contribution is -2.41. The Balaban J connectivity index is 1.73. The van der Waals surface area contributed by atoms with Gasteiger partial charge in [-0.3, -0.25) is 4.79 Å². The topological polar surface area (TPSA) is 81.0 Å². The highest BCUT2D eigenvalue weighted by atomic mass is 16.3. The fourth-order valence-corrected chi connectivity index (χ4v) is 6.95. The van der Waals surface area contributed by atoms with Crippen molar-refractivity contribution in [3.8, 4) is 0 Å². The van der Waals surface area contributed by atoms with Crippen LogP contribution in [-0.4, -0.2) is 57.5 Å². The number of rotatable bonds is 7. The van der Waals surface area contributed by atoms with Crippen molar-refractivity contribution < 1.29 is 20.1 Å². The molecule has 0 bridgehead atoms. The van der Waals surface area contributed by atoms with E-state index in [2.05, 4.69) is 32.6 Å². The number of fused-ring (bicyclic) bond motifs is 1. The smallest absolute Gasteiger partial charge is 0.225 e. The van der Waals surface area contributed by atoms with Crippen molar-refractivity contribution >= 4 is 5.91 Å². The zero-order chi connectivity index (χ0) is 24.3. The summed E-state index contributed by atoms with van der Waals surface area (Å²) < 4.78 is 0. The van der Waals surface area contributed by atoms with Crippen LogP contribution in [0.2, 0.25) is 0 Å². The van der Waals surface area contributed by atoms with Crippen LogP contribution in [0.4, 0.5) is 0 Å². The summed E-state index contributed by atoms with van der Waals surface area (Å²) in [6, 6.07) is 0. The molecule has 3 rings (SSSR count). The lowest BCUT2D eigenvalue weighted by atomic mass is 9.60. The van der Waals surface area contributed by atoms with Gasteiger partial charge in [-0.2, -0.15) is 0 Å². The quantitative estimate of drug-likeness (QED) is 0.528. The van der Waals surface area contributed by atoms with Crippen molar-refractivity contribution in [2.45, 2.75) is 97.4 Å². The van der Waals surface area contributed by atoms with Gasteiger partial charge in [0.25, 0.3) is 0 Å². The normalized spacial score (nSPS) is 36.6. The molecular weight excluding hydrogens is 414 g/mol. The number of hydrogen-bond acceptors (Lipinski definition) is 4. The molecule has 3 N–H and O–H groups in total. The highest BCUT2D eigenvalue weighted by molar-refractivity contribution is 5.76. The number of carbonyl (C=O) groups is 1. The van der Waals surface area contributed by atoms with Gasteiger partial charge in [0, 0.05) is 19.5 Å². The number of hydrogen-bond donors (Lipinski definition) is 3. The van der Waals surface area contributed by atoms with Gasteiger partial charge >= 0.3 is 0 Å². The largest absolute Gasteiger partial charge is 0.393 e. The molecule has 0 heterocycles. The van der Waals surface area contributed by atoms with Crippen LogP contribution in [0.15, 0.2) is 35.5 Å². The van der Waals surface area contributed by atoms with Crippen LogP contribution in [0.5, 0.6) is 0 Å². The fourth-order valence-electron chi connectivity index (χ4n) is 6.95. The van der Waals surface area contributed by atoms with E-state index in [4.69, 9.17) is 0 Å². The summed E-state index contributed by atoms with van der Waals surface area (Å²) in [5, 5.41) is 31.2. The van der Waals surface area contributed by atoms with Gasteiger partial charge in [-0.1, -0.05) is 38.2 Å². The van der Waals surface area contributed by atoms with Gasteiger partial charge < -0.3 is 20.2 Å². The van der Waals surface area contributed by atoms with E-state index in [0.717, 1.165) is 43.3 Å². The highest BCUT2D eigenvalue weighted by Crippen LogP contribution is 2.59. The lowest BCUT2D eigenvalue weighted by molar-refractivity contribution is -0.134. The van der Waals surface area contributed by atoms with Crippen LogP contribution in [0.3, 0.4) is 0 Å². The van der Waals surface area contributed by atoms with E-state index in [1.54, 1.807) is 4.90 Å². The van der Waals surface area contributed by atoms with E-state index < -0.39 is 18.3 Å². The number of nitrogens with zero attached hydrogens (tertiary/aromatic N) is 1. The molecule has 1 unspecified atom stereocenters. The second-order valence-electron chi connectivity index (χ2n) is 10.9. The van der Waals surface area contributed by atoms with Crippen LogP contribution in [0.25, 0.3) is 0 Å². The number of allylic oxidation sites excluding steroid dienone is 3. The van der Waals surface area contributed by atoms with Crippen molar-refractivity contribution in [1.82, 2.24) is 4.90 Å². The Morgan fingerprint density at radius 3 is 2.61 bits per heavy atom. The molecule has 3 aliphatic carbocycles. The Morgan fingerprint density at radius 2 is 1.94 bits per heavy atom. The average molecular weight is 460 g/mol. The van der Waals surface area contributed by atoms with Crippen molar-refractivity contribution in [3.05, 3.63) is 35.5 Å². The minimum Gasteiger partial charge on any atom is -0.393 e. The third kappa shape index (κ3) is 5.47. The molecule has 7 atom stereocenters. The summed E-state index contributed by atoms with van der Waals surface area (Å²) in [5.74, 6) is 1.01. The van der Waals surface area contributed by atoms with E-state index in [1.807, 2.05) is 13.8 Å². The van der Waals surface area contributed by atoms with Crippen LogP contribution < -0.4 is 0 Å². The maximum Gasteiger partial charge on any atom is 0.225 e. The summed E-state index contributed by atoms with van der Waals surface area (Å²) in [5.41, 5.74) is 3.26. The third-order valence-electron chi connectivity index (χ3n) is 9.04. The Morgan fingerprint density at radius 1 is 1.24 bits per heavy atom. The number of carbonyl (C=O) groups excluding carboxylic acids is 1. The Labute approximate surface area is 200 Å². The van der Waals surface area contributed by atoms with Gasteiger partial charge in [-0.05, 0) is 86.7 Å². The molecule has 0 spiro atoms. The van der Waals surface area contributed by atoms with Gasteiger partial charge in [-0.15, -0.1) is 0 Å². The minimum absolute atomic E-state index is 0.0481. The van der Waals surface area contributed by atoms with Crippen molar-refractivity contribution in [1.29, 1.82) is 0 Å². The predicted molar refractivity (Wildman–Crippen MR) is 132 cm³/mol. The minimum atomic E-state index is -0.660. The van der Waals surface area contributed by atoms with Crippen LogP contribution in [-0.2, 0) is 4.79 Å². The Bertz CT molecular complexity index is 783. The molecule has 5 heteroatoms. The first-order valence-corrected chi connectivity index (χ1v) is 13.0.